The summed E-state index contributed by atoms with van der Waals surface area (Å²) in [4.78, 5) is 1.09. The van der Waals surface area contributed by atoms with Crippen LogP contribution < -0.4 is 10.0 Å². The smallest absolute Gasteiger partial charge is 0.250 e. The highest BCUT2D eigenvalue weighted by atomic mass is 32.2. The van der Waals surface area contributed by atoms with Gasteiger partial charge in [-0.05, 0) is 44.0 Å². The van der Waals surface area contributed by atoms with E-state index in [1.165, 1.54) is 11.3 Å². The largest absolute Gasteiger partial charge is 0.319 e. The van der Waals surface area contributed by atoms with E-state index in [-0.39, 0.29) is 5.41 Å². The van der Waals surface area contributed by atoms with Crippen LogP contribution in [-0.4, -0.2) is 28.6 Å². The average molecular weight is 304 g/mol. The van der Waals surface area contributed by atoms with Crippen molar-refractivity contribution in [3.8, 4) is 0 Å². The van der Waals surface area contributed by atoms with Crippen molar-refractivity contribution >= 4 is 21.4 Å². The molecule has 0 atom stereocenters. The molecule has 1 aromatic rings. The van der Waals surface area contributed by atoms with Gasteiger partial charge in [-0.25, -0.2) is 13.1 Å². The summed E-state index contributed by atoms with van der Waals surface area (Å²) >= 11 is 1.35. The molecule has 19 heavy (non-hydrogen) atoms. The van der Waals surface area contributed by atoms with Gasteiger partial charge in [0.1, 0.15) is 4.21 Å². The molecule has 0 aliphatic carbocycles. The summed E-state index contributed by atoms with van der Waals surface area (Å²) in [6.07, 6.45) is 1.80. The summed E-state index contributed by atoms with van der Waals surface area (Å²) in [6.45, 7) is 7.51. The van der Waals surface area contributed by atoms with Gasteiger partial charge >= 0.3 is 0 Å². The van der Waals surface area contributed by atoms with E-state index < -0.39 is 10.0 Å². The van der Waals surface area contributed by atoms with Crippen LogP contribution in [0.15, 0.2) is 16.3 Å². The highest BCUT2D eigenvalue weighted by molar-refractivity contribution is 7.91. The van der Waals surface area contributed by atoms with Gasteiger partial charge in [0.2, 0.25) is 10.0 Å². The minimum absolute atomic E-state index is 0.0146. The number of hydrogen-bond donors (Lipinski definition) is 2. The second-order valence-corrected chi connectivity index (χ2v) is 8.58. The van der Waals surface area contributed by atoms with Crippen LogP contribution in [0.1, 0.15) is 32.1 Å². The Balaban J connectivity index is 2.69. The van der Waals surface area contributed by atoms with E-state index in [0.29, 0.717) is 10.8 Å². The first-order chi connectivity index (χ1) is 8.80. The Labute approximate surface area is 120 Å². The zero-order valence-corrected chi connectivity index (χ0v) is 13.7. The third-order valence-electron chi connectivity index (χ3n) is 3.22. The van der Waals surface area contributed by atoms with Crippen LogP contribution in [0.3, 0.4) is 0 Å². The average Bonchev–Trinajstić information content (AvgIpc) is 2.84. The maximum Gasteiger partial charge on any atom is 0.250 e. The Bertz CT molecular complexity index is 492. The third-order valence-corrected chi connectivity index (χ3v) is 6.26. The molecular formula is C13H24N2O2S2. The Morgan fingerprint density at radius 1 is 1.32 bits per heavy atom. The molecule has 1 heterocycles. The van der Waals surface area contributed by atoms with Crippen molar-refractivity contribution in [3.05, 3.63) is 17.0 Å². The molecule has 0 amide bonds. The van der Waals surface area contributed by atoms with Crippen LogP contribution in [0.25, 0.3) is 0 Å². The first kappa shape index (κ1) is 16.6. The molecule has 0 radical (unpaired) electrons. The molecule has 0 bridgehead atoms. The van der Waals surface area contributed by atoms with E-state index in [2.05, 4.69) is 30.8 Å². The number of hydrogen-bond acceptors (Lipinski definition) is 4. The van der Waals surface area contributed by atoms with Gasteiger partial charge in [-0.3, -0.25) is 0 Å². The van der Waals surface area contributed by atoms with Crippen molar-refractivity contribution in [2.75, 3.05) is 20.1 Å². The van der Waals surface area contributed by atoms with E-state index in [1.807, 2.05) is 13.1 Å². The van der Waals surface area contributed by atoms with Gasteiger partial charge in [-0.15, -0.1) is 11.3 Å². The molecule has 0 saturated heterocycles. The second kappa shape index (κ2) is 6.83. The van der Waals surface area contributed by atoms with Gasteiger partial charge < -0.3 is 5.32 Å². The molecule has 110 valence electrons. The predicted molar refractivity (Wildman–Crippen MR) is 81.2 cm³/mol. The van der Waals surface area contributed by atoms with Crippen LogP contribution in [0, 0.1) is 5.41 Å². The van der Waals surface area contributed by atoms with Gasteiger partial charge in [0.05, 0.1) is 0 Å². The van der Waals surface area contributed by atoms with Crippen LogP contribution >= 0.6 is 11.3 Å². The van der Waals surface area contributed by atoms with Crippen molar-refractivity contribution < 1.29 is 8.42 Å². The number of sulfonamides is 1. The molecule has 4 nitrogen and oxygen atoms in total. The maximum atomic E-state index is 12.2. The Morgan fingerprint density at radius 3 is 2.58 bits per heavy atom. The molecule has 0 aliphatic heterocycles. The molecule has 0 fully saturated rings. The molecule has 0 aromatic carbocycles. The minimum atomic E-state index is -3.36. The molecular weight excluding hydrogens is 280 g/mol. The van der Waals surface area contributed by atoms with Gasteiger partial charge in [0.25, 0.3) is 0 Å². The van der Waals surface area contributed by atoms with E-state index in [0.717, 1.165) is 24.3 Å². The summed E-state index contributed by atoms with van der Waals surface area (Å²) in [7, 11) is -1.47. The van der Waals surface area contributed by atoms with Crippen LogP contribution in [-0.2, 0) is 16.4 Å². The molecule has 1 aromatic heterocycles. The van der Waals surface area contributed by atoms with E-state index in [4.69, 9.17) is 0 Å². The molecule has 0 saturated carbocycles. The molecule has 0 spiro atoms. The molecule has 2 N–H and O–H groups in total. The second-order valence-electron chi connectivity index (χ2n) is 5.42. The fraction of sp³-hybridized carbons (Fsp3) is 0.692. The summed E-state index contributed by atoms with van der Waals surface area (Å²) in [5, 5.41) is 3.06. The first-order valence-corrected chi connectivity index (χ1v) is 8.84. The van der Waals surface area contributed by atoms with Crippen molar-refractivity contribution in [2.45, 2.75) is 37.8 Å². The van der Waals surface area contributed by atoms with Crippen molar-refractivity contribution in [1.29, 1.82) is 0 Å². The van der Waals surface area contributed by atoms with Crippen molar-refractivity contribution in [2.24, 2.45) is 5.41 Å². The quantitative estimate of drug-likeness (QED) is 0.774. The lowest BCUT2D eigenvalue weighted by molar-refractivity contribution is 0.350. The van der Waals surface area contributed by atoms with Crippen LogP contribution in [0.2, 0.25) is 0 Å². The fourth-order valence-electron chi connectivity index (χ4n) is 1.37. The predicted octanol–water partition coefficient (Wildman–Crippen LogP) is 2.22. The lowest BCUT2D eigenvalue weighted by Crippen LogP contribution is -2.33. The molecule has 1 rings (SSSR count). The maximum absolute atomic E-state index is 12.2. The lowest BCUT2D eigenvalue weighted by Gasteiger charge is -2.22. The summed E-state index contributed by atoms with van der Waals surface area (Å²) < 4.78 is 27.4. The Kier molecular flexibility index (Phi) is 5.98. The molecule has 0 unspecified atom stereocenters. The third kappa shape index (κ3) is 5.22. The normalized spacial score (nSPS) is 12.8. The van der Waals surface area contributed by atoms with Crippen molar-refractivity contribution in [3.63, 3.8) is 0 Å². The Hall–Kier alpha value is -0.430. The number of nitrogens with one attached hydrogen (secondary N) is 2. The summed E-state index contributed by atoms with van der Waals surface area (Å²) in [5.74, 6) is 0. The zero-order valence-electron chi connectivity index (χ0n) is 12.1. The highest BCUT2D eigenvalue weighted by Crippen LogP contribution is 2.23. The number of thiophene rings is 1. The van der Waals surface area contributed by atoms with E-state index in [9.17, 15) is 8.42 Å². The number of rotatable bonds is 8. The van der Waals surface area contributed by atoms with Gasteiger partial charge in [-0.1, -0.05) is 20.8 Å². The lowest BCUT2D eigenvalue weighted by atomic mass is 9.91. The standard InChI is InChI=1S/C13H24N2O2S2/c1-5-13(2,3)10-15-19(16,17)12-7-6-11(18-12)8-9-14-4/h6-7,14-15H,5,8-10H2,1-4H3. The zero-order chi connectivity index (χ0) is 14.5. The molecule has 6 heteroatoms. The highest BCUT2D eigenvalue weighted by Gasteiger charge is 2.21. The van der Waals surface area contributed by atoms with Gasteiger partial charge in [0.15, 0.2) is 0 Å². The topological polar surface area (TPSA) is 58.2 Å². The van der Waals surface area contributed by atoms with Crippen LogP contribution in [0.5, 0.6) is 0 Å². The van der Waals surface area contributed by atoms with E-state index in [1.54, 1.807) is 6.07 Å². The first-order valence-electron chi connectivity index (χ1n) is 6.54. The number of likely N-dealkylation sites (N-methyl/N-ethyl adjacent to an activating group) is 1. The van der Waals surface area contributed by atoms with Crippen molar-refractivity contribution in [1.82, 2.24) is 10.0 Å². The van der Waals surface area contributed by atoms with Gasteiger partial charge in [-0.2, -0.15) is 0 Å². The van der Waals surface area contributed by atoms with Crippen LogP contribution in [0.4, 0.5) is 0 Å². The minimum Gasteiger partial charge on any atom is -0.319 e. The summed E-state index contributed by atoms with van der Waals surface area (Å²) in [6, 6.07) is 3.58. The Morgan fingerprint density at radius 2 is 2.00 bits per heavy atom. The fourth-order valence-corrected chi connectivity index (χ4v) is 4.01. The SMILES string of the molecule is CCC(C)(C)CNS(=O)(=O)c1ccc(CCNC)s1. The van der Waals surface area contributed by atoms with E-state index >= 15 is 0 Å². The van der Waals surface area contributed by atoms with Gasteiger partial charge in [0, 0.05) is 11.4 Å². The monoisotopic (exact) mass is 304 g/mol. The molecule has 0 aliphatic rings. The summed E-state index contributed by atoms with van der Waals surface area (Å²) in [5.41, 5.74) is -0.0146.